The molecule has 1 aromatic heterocycles. The highest BCUT2D eigenvalue weighted by Gasteiger charge is 2.06. The van der Waals surface area contributed by atoms with Crippen molar-refractivity contribution in [3.8, 4) is 0 Å². The van der Waals surface area contributed by atoms with Crippen LogP contribution in [-0.4, -0.2) is 15.1 Å². The van der Waals surface area contributed by atoms with Crippen molar-refractivity contribution in [1.29, 1.82) is 0 Å². The van der Waals surface area contributed by atoms with Gasteiger partial charge >= 0.3 is 0 Å². The fourth-order valence-electron chi connectivity index (χ4n) is 1.32. The Kier molecular flexibility index (Phi) is 2.99. The Morgan fingerprint density at radius 2 is 2.35 bits per heavy atom. The number of anilines is 1. The second-order valence-electron chi connectivity index (χ2n) is 3.40. The summed E-state index contributed by atoms with van der Waals surface area (Å²) in [6.45, 7) is 2.06. The molecule has 0 fully saturated rings. The first-order valence-corrected chi connectivity index (χ1v) is 4.92. The Bertz CT molecular complexity index is 538. The first-order chi connectivity index (χ1) is 8.15. The molecule has 0 atom stereocenters. The zero-order valence-electron chi connectivity index (χ0n) is 9.08. The number of non-ortho nitro benzene ring substituents is 1. The van der Waals surface area contributed by atoms with Crippen LogP contribution in [0.5, 0.6) is 0 Å². The molecule has 0 amide bonds. The van der Waals surface area contributed by atoms with E-state index in [4.69, 9.17) is 4.52 Å². The largest absolute Gasteiger partial charge is 0.376 e. The fraction of sp³-hybridized carbons (Fsp3) is 0.200. The van der Waals surface area contributed by atoms with Gasteiger partial charge in [-0.25, -0.2) is 0 Å². The minimum Gasteiger partial charge on any atom is -0.376 e. The van der Waals surface area contributed by atoms with E-state index in [0.29, 0.717) is 23.9 Å². The highest BCUT2D eigenvalue weighted by Crippen LogP contribution is 2.17. The molecule has 7 heteroatoms. The van der Waals surface area contributed by atoms with Crippen molar-refractivity contribution < 1.29 is 9.45 Å². The van der Waals surface area contributed by atoms with Gasteiger partial charge in [0.15, 0.2) is 5.82 Å². The molecule has 0 radical (unpaired) electrons. The van der Waals surface area contributed by atoms with E-state index in [1.807, 2.05) is 0 Å². The number of rotatable bonds is 4. The van der Waals surface area contributed by atoms with Gasteiger partial charge in [0.2, 0.25) is 5.89 Å². The summed E-state index contributed by atoms with van der Waals surface area (Å²) in [5, 5.41) is 17.2. The summed E-state index contributed by atoms with van der Waals surface area (Å²) in [7, 11) is 0. The van der Waals surface area contributed by atoms with E-state index in [1.165, 1.54) is 12.1 Å². The van der Waals surface area contributed by atoms with Gasteiger partial charge in [0.1, 0.15) is 0 Å². The molecule has 17 heavy (non-hydrogen) atoms. The van der Waals surface area contributed by atoms with Gasteiger partial charge in [0.05, 0.1) is 11.5 Å². The minimum atomic E-state index is -0.442. The van der Waals surface area contributed by atoms with Gasteiger partial charge in [-0.05, 0) is 13.0 Å². The molecule has 1 heterocycles. The van der Waals surface area contributed by atoms with Gasteiger partial charge in [-0.15, -0.1) is 0 Å². The first-order valence-electron chi connectivity index (χ1n) is 4.92. The quantitative estimate of drug-likeness (QED) is 0.641. The second-order valence-corrected chi connectivity index (χ2v) is 3.40. The molecule has 0 aliphatic carbocycles. The molecule has 7 nitrogen and oxygen atoms in total. The number of aromatic nitrogens is 2. The van der Waals surface area contributed by atoms with Gasteiger partial charge < -0.3 is 9.84 Å². The minimum absolute atomic E-state index is 0.0386. The van der Waals surface area contributed by atoms with E-state index in [1.54, 1.807) is 19.1 Å². The molecule has 0 aliphatic heterocycles. The van der Waals surface area contributed by atoms with Gasteiger partial charge in [0.25, 0.3) is 5.69 Å². The lowest BCUT2D eigenvalue weighted by molar-refractivity contribution is -0.384. The van der Waals surface area contributed by atoms with Gasteiger partial charge in [-0.3, -0.25) is 10.1 Å². The Balaban J connectivity index is 2.04. The summed E-state index contributed by atoms with van der Waals surface area (Å²) < 4.78 is 4.91. The summed E-state index contributed by atoms with van der Waals surface area (Å²) in [5.74, 6) is 0.995. The summed E-state index contributed by atoms with van der Waals surface area (Å²) >= 11 is 0. The van der Waals surface area contributed by atoms with Crippen LogP contribution in [0, 0.1) is 17.0 Å². The molecule has 0 bridgehead atoms. The van der Waals surface area contributed by atoms with Crippen molar-refractivity contribution in [2.45, 2.75) is 13.5 Å². The van der Waals surface area contributed by atoms with E-state index >= 15 is 0 Å². The zero-order valence-corrected chi connectivity index (χ0v) is 9.08. The van der Waals surface area contributed by atoms with Crippen LogP contribution < -0.4 is 5.32 Å². The molecule has 0 aliphatic rings. The van der Waals surface area contributed by atoms with Crippen molar-refractivity contribution in [3.63, 3.8) is 0 Å². The SMILES string of the molecule is Cc1noc(CNc2cccc([N+](=O)[O-])c2)n1. The van der Waals surface area contributed by atoms with Gasteiger partial charge in [-0.2, -0.15) is 4.98 Å². The number of nitrogens with zero attached hydrogens (tertiary/aromatic N) is 3. The van der Waals surface area contributed by atoms with Crippen LogP contribution in [0.25, 0.3) is 0 Å². The predicted molar refractivity (Wildman–Crippen MR) is 59.5 cm³/mol. The van der Waals surface area contributed by atoms with Crippen LogP contribution in [0.4, 0.5) is 11.4 Å². The lowest BCUT2D eigenvalue weighted by Gasteiger charge is -2.02. The van der Waals surface area contributed by atoms with Crippen molar-refractivity contribution in [3.05, 3.63) is 46.1 Å². The summed E-state index contributed by atoms with van der Waals surface area (Å²) in [6, 6.07) is 6.22. The maximum absolute atomic E-state index is 10.6. The maximum atomic E-state index is 10.6. The summed E-state index contributed by atoms with van der Waals surface area (Å²) in [6.07, 6.45) is 0. The Morgan fingerprint density at radius 3 is 3.00 bits per heavy atom. The Labute approximate surface area is 96.6 Å². The van der Waals surface area contributed by atoms with Crippen molar-refractivity contribution in [2.75, 3.05) is 5.32 Å². The van der Waals surface area contributed by atoms with Crippen molar-refractivity contribution >= 4 is 11.4 Å². The molecule has 0 unspecified atom stereocenters. The topological polar surface area (TPSA) is 94.1 Å². The smallest absolute Gasteiger partial charge is 0.271 e. The number of nitro groups is 1. The third-order valence-electron chi connectivity index (χ3n) is 2.07. The van der Waals surface area contributed by atoms with Crippen LogP contribution in [0.3, 0.4) is 0 Å². The second kappa shape index (κ2) is 4.60. The monoisotopic (exact) mass is 234 g/mol. The van der Waals surface area contributed by atoms with Crippen LogP contribution in [-0.2, 0) is 6.54 Å². The highest BCUT2D eigenvalue weighted by molar-refractivity contribution is 5.50. The number of hydrogen-bond donors (Lipinski definition) is 1. The number of benzene rings is 1. The fourth-order valence-corrected chi connectivity index (χ4v) is 1.32. The van der Waals surface area contributed by atoms with Crippen molar-refractivity contribution in [1.82, 2.24) is 10.1 Å². The van der Waals surface area contributed by atoms with E-state index in [9.17, 15) is 10.1 Å². The van der Waals surface area contributed by atoms with E-state index < -0.39 is 4.92 Å². The van der Waals surface area contributed by atoms with Crippen LogP contribution >= 0.6 is 0 Å². The van der Waals surface area contributed by atoms with Crippen molar-refractivity contribution in [2.24, 2.45) is 0 Å². The molecular weight excluding hydrogens is 224 g/mol. The molecule has 0 saturated carbocycles. The average molecular weight is 234 g/mol. The molecule has 1 aromatic carbocycles. The third kappa shape index (κ3) is 2.77. The zero-order chi connectivity index (χ0) is 12.3. The van der Waals surface area contributed by atoms with E-state index in [0.717, 1.165) is 0 Å². The molecule has 1 N–H and O–H groups in total. The maximum Gasteiger partial charge on any atom is 0.271 e. The first kappa shape index (κ1) is 11.1. The number of hydrogen-bond acceptors (Lipinski definition) is 6. The molecule has 88 valence electrons. The van der Waals surface area contributed by atoms with E-state index in [2.05, 4.69) is 15.5 Å². The number of nitro benzene ring substituents is 1. The molecule has 2 rings (SSSR count). The van der Waals surface area contributed by atoms with Crippen LogP contribution in [0.2, 0.25) is 0 Å². The van der Waals surface area contributed by atoms with Gasteiger partial charge in [-0.1, -0.05) is 11.2 Å². The van der Waals surface area contributed by atoms with Gasteiger partial charge in [0, 0.05) is 17.8 Å². The van der Waals surface area contributed by atoms with Crippen LogP contribution in [0.1, 0.15) is 11.7 Å². The Morgan fingerprint density at radius 1 is 1.53 bits per heavy atom. The van der Waals surface area contributed by atoms with Crippen LogP contribution in [0.15, 0.2) is 28.8 Å². The third-order valence-corrected chi connectivity index (χ3v) is 2.07. The average Bonchev–Trinajstić information content (AvgIpc) is 2.73. The lowest BCUT2D eigenvalue weighted by atomic mass is 10.3. The van der Waals surface area contributed by atoms with E-state index in [-0.39, 0.29) is 5.69 Å². The molecule has 0 saturated heterocycles. The highest BCUT2D eigenvalue weighted by atomic mass is 16.6. The summed E-state index contributed by atoms with van der Waals surface area (Å²) in [4.78, 5) is 14.1. The Hall–Kier alpha value is -2.44. The normalized spacial score (nSPS) is 10.2. The molecule has 0 spiro atoms. The standard InChI is InChI=1S/C10H10N4O3/c1-7-12-10(17-13-7)6-11-8-3-2-4-9(5-8)14(15)16/h2-5,11H,6H2,1H3. The summed E-state index contributed by atoms with van der Waals surface area (Å²) in [5.41, 5.74) is 0.673. The predicted octanol–water partition coefficient (Wildman–Crippen LogP) is 1.90. The molecule has 2 aromatic rings. The molecular formula is C10H10N4O3. The number of aryl methyl sites for hydroxylation is 1. The lowest BCUT2D eigenvalue weighted by Crippen LogP contribution is -2.00. The number of nitrogens with one attached hydrogen (secondary N) is 1.